The molecule has 0 saturated carbocycles. The van der Waals surface area contributed by atoms with Crippen molar-refractivity contribution in [2.75, 3.05) is 32.8 Å². The molecule has 30 heavy (non-hydrogen) atoms. The number of nitrogens with one attached hydrogen (secondary N) is 2. The van der Waals surface area contributed by atoms with Gasteiger partial charge in [0.1, 0.15) is 5.75 Å². The molecule has 1 aromatic rings. The fourth-order valence-corrected chi connectivity index (χ4v) is 4.46. The van der Waals surface area contributed by atoms with Crippen LogP contribution in [-0.4, -0.2) is 60.9 Å². The van der Waals surface area contributed by atoms with Gasteiger partial charge in [0.15, 0.2) is 5.96 Å². The van der Waals surface area contributed by atoms with Gasteiger partial charge in [0.05, 0.1) is 19.3 Å². The maximum Gasteiger partial charge on any atom is 0.191 e. The number of hydrogen-bond acceptors (Lipinski definition) is 4. The van der Waals surface area contributed by atoms with Crippen LogP contribution in [0.25, 0.3) is 0 Å². The second-order valence-electron chi connectivity index (χ2n) is 8.78. The Morgan fingerprint density at radius 3 is 2.73 bits per heavy atom. The minimum atomic E-state index is 0.303. The molecule has 0 spiro atoms. The Bertz CT molecular complexity index is 697. The molecule has 0 radical (unpaired) electrons. The Morgan fingerprint density at radius 2 is 2.00 bits per heavy atom. The first-order valence-corrected chi connectivity index (χ1v) is 11.8. The van der Waals surface area contributed by atoms with Crippen LogP contribution < -0.4 is 10.6 Å². The lowest BCUT2D eigenvalue weighted by Gasteiger charge is -2.33. The van der Waals surface area contributed by atoms with Gasteiger partial charge in [-0.15, -0.1) is 0 Å². The number of aromatic hydroxyl groups is 1. The van der Waals surface area contributed by atoms with Gasteiger partial charge in [-0.05, 0) is 76.5 Å². The van der Waals surface area contributed by atoms with Crippen LogP contribution in [0, 0.1) is 0 Å². The molecule has 1 fully saturated rings. The number of guanidine groups is 1. The van der Waals surface area contributed by atoms with Gasteiger partial charge in [-0.3, -0.25) is 0 Å². The predicted octanol–water partition coefficient (Wildman–Crippen LogP) is 3.22. The molecule has 0 bridgehead atoms. The zero-order valence-corrected chi connectivity index (χ0v) is 19.0. The number of phenols is 1. The van der Waals surface area contributed by atoms with Crippen LogP contribution in [0.15, 0.2) is 17.1 Å². The van der Waals surface area contributed by atoms with Gasteiger partial charge >= 0.3 is 0 Å². The van der Waals surface area contributed by atoms with Crippen LogP contribution in [0.2, 0.25) is 0 Å². The summed E-state index contributed by atoms with van der Waals surface area (Å²) in [5.74, 6) is 1.24. The summed E-state index contributed by atoms with van der Waals surface area (Å²) >= 11 is 0. The van der Waals surface area contributed by atoms with Crippen molar-refractivity contribution in [1.82, 2.24) is 15.5 Å². The summed E-state index contributed by atoms with van der Waals surface area (Å²) in [6, 6.07) is 4.36. The lowest BCUT2D eigenvalue weighted by Crippen LogP contribution is -2.49. The highest BCUT2D eigenvalue weighted by Crippen LogP contribution is 2.31. The van der Waals surface area contributed by atoms with Gasteiger partial charge in [0.2, 0.25) is 0 Å². The predicted molar refractivity (Wildman–Crippen MR) is 123 cm³/mol. The maximum absolute atomic E-state index is 10.4. The van der Waals surface area contributed by atoms with Crippen molar-refractivity contribution >= 4 is 5.96 Å². The molecule has 0 amide bonds. The van der Waals surface area contributed by atoms with Crippen molar-refractivity contribution < 1.29 is 9.84 Å². The first-order valence-electron chi connectivity index (χ1n) is 11.8. The lowest BCUT2D eigenvalue weighted by molar-refractivity contribution is 0.0532. The fourth-order valence-electron chi connectivity index (χ4n) is 4.46. The van der Waals surface area contributed by atoms with Gasteiger partial charge in [-0.25, -0.2) is 4.99 Å². The van der Waals surface area contributed by atoms with E-state index in [1.54, 1.807) is 0 Å². The zero-order chi connectivity index (χ0) is 21.3. The lowest BCUT2D eigenvalue weighted by atomic mass is 9.88. The summed E-state index contributed by atoms with van der Waals surface area (Å²) < 4.78 is 5.68. The molecule has 3 N–H and O–H groups in total. The Morgan fingerprint density at radius 1 is 1.23 bits per heavy atom. The van der Waals surface area contributed by atoms with E-state index >= 15 is 0 Å². The van der Waals surface area contributed by atoms with Crippen LogP contribution in [0.5, 0.6) is 5.75 Å². The molecule has 1 heterocycles. The van der Waals surface area contributed by atoms with Crippen LogP contribution in [0.1, 0.15) is 63.1 Å². The fraction of sp³-hybridized carbons (Fsp3) is 0.708. The summed E-state index contributed by atoms with van der Waals surface area (Å²) in [7, 11) is 0. The largest absolute Gasteiger partial charge is 0.508 e. The number of likely N-dealkylation sites (tertiary alicyclic amines) is 1. The van der Waals surface area contributed by atoms with Gasteiger partial charge < -0.3 is 25.4 Å². The van der Waals surface area contributed by atoms with Crippen molar-refractivity contribution in [3.63, 3.8) is 0 Å². The smallest absolute Gasteiger partial charge is 0.191 e. The topological polar surface area (TPSA) is 69.1 Å². The quantitative estimate of drug-likeness (QED) is 0.448. The second kappa shape index (κ2) is 11.6. The Hall–Kier alpha value is -1.79. The molecule has 1 aliphatic carbocycles. The molecule has 2 aliphatic rings. The van der Waals surface area contributed by atoms with Crippen molar-refractivity contribution in [1.29, 1.82) is 0 Å². The van der Waals surface area contributed by atoms with Crippen molar-refractivity contribution in [2.45, 2.75) is 78.0 Å². The first kappa shape index (κ1) is 22.9. The van der Waals surface area contributed by atoms with E-state index in [-0.39, 0.29) is 0 Å². The Kier molecular flexibility index (Phi) is 8.82. The number of fused-ring (bicyclic) bond motifs is 1. The third kappa shape index (κ3) is 6.61. The van der Waals surface area contributed by atoms with Crippen LogP contribution in [0.3, 0.4) is 0 Å². The van der Waals surface area contributed by atoms with E-state index in [9.17, 15) is 5.11 Å². The summed E-state index contributed by atoms with van der Waals surface area (Å²) in [4.78, 5) is 7.32. The van der Waals surface area contributed by atoms with Crippen LogP contribution in [-0.2, 0) is 24.1 Å². The van der Waals surface area contributed by atoms with Gasteiger partial charge in [0.25, 0.3) is 0 Å². The van der Waals surface area contributed by atoms with Gasteiger partial charge in [0, 0.05) is 37.8 Å². The van der Waals surface area contributed by atoms with Gasteiger partial charge in [-0.2, -0.15) is 0 Å². The van der Waals surface area contributed by atoms with Crippen LogP contribution >= 0.6 is 0 Å². The molecule has 6 nitrogen and oxygen atoms in total. The van der Waals surface area contributed by atoms with Gasteiger partial charge in [-0.1, -0.05) is 6.07 Å². The number of ether oxygens (including phenoxy) is 1. The molecule has 0 unspecified atom stereocenters. The standard InChI is InChI=1S/C24H40N4O2/c1-4-25-24(27-20-11-13-28(14-12-20)15-16-30-18(2)3)26-17-22-21-8-6-5-7-19(21)9-10-23(22)29/h9-10,18,20,29H,4-8,11-17H2,1-3H3,(H2,25,26,27). The van der Waals surface area contributed by atoms with E-state index in [1.807, 2.05) is 6.07 Å². The number of hydrogen-bond donors (Lipinski definition) is 3. The molecule has 3 rings (SSSR count). The molecule has 1 aromatic carbocycles. The normalized spacial score (nSPS) is 18.5. The number of piperidine rings is 1. The van der Waals surface area contributed by atoms with Crippen LogP contribution in [0.4, 0.5) is 0 Å². The minimum absolute atomic E-state index is 0.303. The average Bonchev–Trinajstić information content (AvgIpc) is 2.74. The molecule has 168 valence electrons. The second-order valence-corrected chi connectivity index (χ2v) is 8.78. The first-order chi connectivity index (χ1) is 14.6. The highest BCUT2D eigenvalue weighted by molar-refractivity contribution is 5.80. The molecule has 0 aromatic heterocycles. The van der Waals surface area contributed by atoms with E-state index < -0.39 is 0 Å². The van der Waals surface area contributed by atoms with Crippen molar-refractivity contribution in [2.24, 2.45) is 4.99 Å². The van der Waals surface area contributed by atoms with E-state index in [2.05, 4.69) is 42.4 Å². The molecule has 0 atom stereocenters. The van der Waals surface area contributed by atoms with Crippen molar-refractivity contribution in [3.8, 4) is 5.75 Å². The van der Waals surface area contributed by atoms with E-state index in [1.165, 1.54) is 24.0 Å². The summed E-state index contributed by atoms with van der Waals surface area (Å²) in [5.41, 5.74) is 3.71. The Balaban J connectivity index is 1.55. The Labute approximate surface area is 182 Å². The number of nitrogens with zero attached hydrogens (tertiary/aromatic N) is 2. The number of aryl methyl sites for hydroxylation is 1. The minimum Gasteiger partial charge on any atom is -0.508 e. The monoisotopic (exact) mass is 416 g/mol. The highest BCUT2D eigenvalue weighted by atomic mass is 16.5. The molecular weight excluding hydrogens is 376 g/mol. The molecule has 1 saturated heterocycles. The summed E-state index contributed by atoms with van der Waals surface area (Å²) in [6.45, 7) is 11.6. The van der Waals surface area contributed by atoms with E-state index in [4.69, 9.17) is 9.73 Å². The molecule has 1 aliphatic heterocycles. The maximum atomic E-state index is 10.4. The molecular formula is C24H40N4O2. The number of aliphatic imine (C=N–C) groups is 1. The third-order valence-electron chi connectivity index (χ3n) is 6.15. The SMILES string of the molecule is CCNC(=NCc1c(O)ccc2c1CCCC2)NC1CCN(CCOC(C)C)CC1. The zero-order valence-electron chi connectivity index (χ0n) is 19.0. The average molecular weight is 417 g/mol. The number of rotatable bonds is 8. The van der Waals surface area contributed by atoms with E-state index in [0.29, 0.717) is 24.4 Å². The number of phenolic OH excluding ortho intramolecular Hbond substituents is 1. The van der Waals surface area contributed by atoms with E-state index in [0.717, 1.165) is 70.0 Å². The highest BCUT2D eigenvalue weighted by Gasteiger charge is 2.20. The summed E-state index contributed by atoms with van der Waals surface area (Å²) in [6.07, 6.45) is 7.14. The summed E-state index contributed by atoms with van der Waals surface area (Å²) in [5, 5.41) is 17.4. The molecule has 6 heteroatoms. The number of benzene rings is 1. The van der Waals surface area contributed by atoms with Crippen molar-refractivity contribution in [3.05, 3.63) is 28.8 Å². The third-order valence-corrected chi connectivity index (χ3v) is 6.15.